The number of alkyl halides is 3. The zero-order valence-corrected chi connectivity index (χ0v) is 7.99. The highest BCUT2D eigenvalue weighted by Gasteiger charge is 2.17. The van der Waals surface area contributed by atoms with E-state index in [-0.39, 0.29) is 0 Å². The molecule has 0 aliphatic rings. The topological polar surface area (TPSA) is 40.5 Å². The number of unbranched alkanes of at least 4 members (excludes halogenated alkanes) is 1. The molecule has 0 radical (unpaired) electrons. The molecule has 0 unspecified atom stereocenters. The number of rotatable bonds is 3. The number of aliphatic hydroxyl groups excluding tert-OH is 1. The maximum absolute atomic E-state index is 8.30. The van der Waals surface area contributed by atoms with Crippen LogP contribution in [-0.4, -0.2) is 14.0 Å². The van der Waals surface area contributed by atoms with Crippen LogP contribution < -0.4 is 0 Å². The van der Waals surface area contributed by atoms with Crippen LogP contribution >= 0.6 is 34.8 Å². The monoisotopic (exact) mass is 218 g/mol. The molecule has 11 heavy (non-hydrogen) atoms. The minimum atomic E-state index is -1.24. The lowest BCUT2D eigenvalue weighted by Crippen LogP contribution is -2.00. The van der Waals surface area contributed by atoms with Crippen LogP contribution in [0.25, 0.3) is 0 Å². The molecular weight excluding hydrogens is 210 g/mol. The summed E-state index contributed by atoms with van der Waals surface area (Å²) in [6.45, 7) is 0. The summed E-state index contributed by atoms with van der Waals surface area (Å²) in [5, 5.41) is 16.6. The third-order valence-electron chi connectivity index (χ3n) is 0.991. The predicted octanol–water partition coefficient (Wildman–Crippen LogP) is 3.48. The first kappa shape index (κ1) is 11.2. The molecule has 0 aliphatic carbocycles. The molecule has 2 N–H and O–H groups in total. The van der Waals surface area contributed by atoms with Crippen LogP contribution in [0, 0.1) is 0 Å². The van der Waals surface area contributed by atoms with E-state index in [1.54, 1.807) is 0 Å². The summed E-state index contributed by atoms with van der Waals surface area (Å²) >= 11 is 16.3. The molecule has 5 heteroatoms. The van der Waals surface area contributed by atoms with Gasteiger partial charge in [0.2, 0.25) is 0 Å². The molecule has 0 saturated carbocycles. The molecule has 0 aromatic carbocycles. The van der Waals surface area contributed by atoms with Crippen molar-refractivity contribution < 1.29 is 10.2 Å². The molecule has 0 atom stereocenters. The van der Waals surface area contributed by atoms with E-state index in [9.17, 15) is 0 Å². The van der Waals surface area contributed by atoms with Gasteiger partial charge >= 0.3 is 0 Å². The van der Waals surface area contributed by atoms with Gasteiger partial charge in [-0.3, -0.25) is 0 Å². The van der Waals surface area contributed by atoms with Crippen LogP contribution in [0.2, 0.25) is 0 Å². The highest BCUT2D eigenvalue weighted by atomic mass is 35.6. The van der Waals surface area contributed by atoms with Gasteiger partial charge in [-0.2, -0.15) is 0 Å². The first-order valence-corrected chi connectivity index (χ1v) is 4.20. The Balaban J connectivity index is 3.36. The SMILES string of the molecule is OC(O)=CCCCC(Cl)(Cl)Cl. The van der Waals surface area contributed by atoms with E-state index in [0.717, 1.165) is 0 Å². The molecule has 2 nitrogen and oxygen atoms in total. The average Bonchev–Trinajstić information content (AvgIpc) is 1.78. The first-order chi connectivity index (χ1) is 4.92. The maximum Gasteiger partial charge on any atom is 0.269 e. The standard InChI is InChI=1S/C6H9Cl3O2/c7-6(8,9)4-2-1-3-5(10)11/h3,10-11H,1-2,4H2. The lowest BCUT2D eigenvalue weighted by atomic mass is 10.2. The Bertz CT molecular complexity index is 135. The van der Waals surface area contributed by atoms with Crippen molar-refractivity contribution in [2.24, 2.45) is 0 Å². The van der Waals surface area contributed by atoms with E-state index in [1.807, 2.05) is 0 Å². The second-order valence-corrected chi connectivity index (χ2v) is 4.59. The smallest absolute Gasteiger partial charge is 0.269 e. The predicted molar refractivity (Wildman–Crippen MR) is 47.5 cm³/mol. The molecule has 0 aromatic rings. The molecule has 0 rings (SSSR count). The van der Waals surface area contributed by atoms with Crippen molar-refractivity contribution >= 4 is 34.8 Å². The third-order valence-corrected chi connectivity index (χ3v) is 1.56. The van der Waals surface area contributed by atoms with E-state index in [0.29, 0.717) is 19.3 Å². The van der Waals surface area contributed by atoms with Gasteiger partial charge in [0.25, 0.3) is 5.95 Å². The third kappa shape index (κ3) is 10.2. The van der Waals surface area contributed by atoms with Crippen molar-refractivity contribution in [3.05, 3.63) is 12.0 Å². The molecule has 0 bridgehead atoms. The van der Waals surface area contributed by atoms with Crippen LogP contribution in [0.3, 0.4) is 0 Å². The van der Waals surface area contributed by atoms with Gasteiger partial charge in [0.05, 0.1) is 0 Å². The highest BCUT2D eigenvalue weighted by molar-refractivity contribution is 6.67. The Kier molecular flexibility index (Phi) is 5.06. The molecule has 0 fully saturated rings. The molecule has 0 amide bonds. The Morgan fingerprint density at radius 3 is 2.18 bits per heavy atom. The maximum atomic E-state index is 8.30. The number of hydrogen-bond acceptors (Lipinski definition) is 2. The van der Waals surface area contributed by atoms with Crippen molar-refractivity contribution in [1.29, 1.82) is 0 Å². The minimum Gasteiger partial charge on any atom is -0.481 e. The van der Waals surface area contributed by atoms with Gasteiger partial charge in [-0.15, -0.1) is 0 Å². The quantitative estimate of drug-likeness (QED) is 0.433. The van der Waals surface area contributed by atoms with Crippen molar-refractivity contribution in [1.82, 2.24) is 0 Å². The lowest BCUT2D eigenvalue weighted by molar-refractivity contribution is 0.189. The fourth-order valence-corrected chi connectivity index (χ4v) is 0.935. The molecule has 0 spiro atoms. The zero-order valence-electron chi connectivity index (χ0n) is 5.73. The Hall–Kier alpha value is 0.210. The summed E-state index contributed by atoms with van der Waals surface area (Å²) in [6, 6.07) is 0. The summed E-state index contributed by atoms with van der Waals surface area (Å²) in [5.41, 5.74) is 0. The van der Waals surface area contributed by atoms with Gasteiger partial charge in [-0.1, -0.05) is 34.8 Å². The number of halogens is 3. The summed E-state index contributed by atoms with van der Waals surface area (Å²) in [5.74, 6) is -0.686. The van der Waals surface area contributed by atoms with Gasteiger partial charge in [0.15, 0.2) is 3.79 Å². The highest BCUT2D eigenvalue weighted by Crippen LogP contribution is 2.31. The van der Waals surface area contributed by atoms with Crippen LogP contribution in [-0.2, 0) is 0 Å². The van der Waals surface area contributed by atoms with Gasteiger partial charge in [0.1, 0.15) is 0 Å². The van der Waals surface area contributed by atoms with Gasteiger partial charge in [-0.25, -0.2) is 0 Å². The second kappa shape index (κ2) is 4.96. The van der Waals surface area contributed by atoms with Crippen molar-refractivity contribution in [2.75, 3.05) is 0 Å². The van der Waals surface area contributed by atoms with Gasteiger partial charge in [0, 0.05) is 0 Å². The summed E-state index contributed by atoms with van der Waals surface area (Å²) < 4.78 is -1.24. The zero-order chi connectivity index (χ0) is 8.91. The molecule has 0 heterocycles. The van der Waals surface area contributed by atoms with Gasteiger partial charge in [-0.05, 0) is 25.3 Å². The Labute approximate surface area is 80.4 Å². The van der Waals surface area contributed by atoms with Crippen LogP contribution in [0.5, 0.6) is 0 Å². The Morgan fingerprint density at radius 1 is 1.27 bits per heavy atom. The van der Waals surface area contributed by atoms with Crippen molar-refractivity contribution in [3.8, 4) is 0 Å². The van der Waals surface area contributed by atoms with Crippen LogP contribution in [0.15, 0.2) is 12.0 Å². The lowest BCUT2D eigenvalue weighted by Gasteiger charge is -2.07. The van der Waals surface area contributed by atoms with Crippen LogP contribution in [0.1, 0.15) is 19.3 Å². The van der Waals surface area contributed by atoms with E-state index in [2.05, 4.69) is 0 Å². The van der Waals surface area contributed by atoms with Crippen molar-refractivity contribution in [2.45, 2.75) is 23.1 Å². The largest absolute Gasteiger partial charge is 0.481 e. The molecule has 0 aromatic heterocycles. The van der Waals surface area contributed by atoms with E-state index < -0.39 is 9.74 Å². The number of hydrogen-bond donors (Lipinski definition) is 2. The fraction of sp³-hybridized carbons (Fsp3) is 0.667. The van der Waals surface area contributed by atoms with E-state index in [1.165, 1.54) is 6.08 Å². The molecular formula is C6H9Cl3O2. The van der Waals surface area contributed by atoms with E-state index in [4.69, 9.17) is 45.0 Å². The second-order valence-electron chi connectivity index (χ2n) is 2.07. The summed E-state index contributed by atoms with van der Waals surface area (Å²) in [7, 11) is 0. The number of allylic oxidation sites excluding steroid dienone is 1. The molecule has 0 aliphatic heterocycles. The number of aliphatic hydroxyl groups is 2. The molecule has 66 valence electrons. The van der Waals surface area contributed by atoms with Gasteiger partial charge < -0.3 is 10.2 Å². The Morgan fingerprint density at radius 2 is 1.82 bits per heavy atom. The van der Waals surface area contributed by atoms with E-state index >= 15 is 0 Å². The average molecular weight is 219 g/mol. The fourth-order valence-electron chi connectivity index (χ4n) is 0.534. The normalized spacial score (nSPS) is 11.2. The van der Waals surface area contributed by atoms with Crippen molar-refractivity contribution in [3.63, 3.8) is 0 Å². The van der Waals surface area contributed by atoms with Crippen LogP contribution in [0.4, 0.5) is 0 Å². The summed E-state index contributed by atoms with van der Waals surface area (Å²) in [6.07, 6.45) is 2.77. The summed E-state index contributed by atoms with van der Waals surface area (Å²) in [4.78, 5) is 0. The minimum absolute atomic E-state index is 0.404. The molecule has 0 saturated heterocycles. The first-order valence-electron chi connectivity index (χ1n) is 3.06.